The summed E-state index contributed by atoms with van der Waals surface area (Å²) in [4.78, 5) is 10.5. The van der Waals surface area contributed by atoms with Crippen LogP contribution in [-0.2, 0) is 0 Å². The molecule has 2 aromatic carbocycles. The van der Waals surface area contributed by atoms with Crippen molar-refractivity contribution in [1.29, 1.82) is 0 Å². The molecular weight excluding hydrogens is 332 g/mol. The summed E-state index contributed by atoms with van der Waals surface area (Å²) in [7, 11) is 0. The van der Waals surface area contributed by atoms with Crippen molar-refractivity contribution < 1.29 is 5.11 Å². The van der Waals surface area contributed by atoms with Gasteiger partial charge in [0.15, 0.2) is 0 Å². The molecule has 0 spiro atoms. The minimum Gasteiger partial charge on any atom is -0.508 e. The maximum atomic E-state index is 9.35. The van der Waals surface area contributed by atoms with E-state index in [0.29, 0.717) is 22.3 Å². The largest absolute Gasteiger partial charge is 0.508 e. The molecular formula is C16H13ClN4OS. The molecule has 0 radical (unpaired) electrons. The number of halogens is 1. The number of hydrogen-bond donors (Lipinski definition) is 3. The zero-order valence-electron chi connectivity index (χ0n) is 11.9. The number of phenolic OH excluding ortho intramolecular Hbond substituents is 1. The van der Waals surface area contributed by atoms with Crippen molar-refractivity contribution in [1.82, 2.24) is 9.97 Å². The zero-order valence-corrected chi connectivity index (χ0v) is 13.5. The molecule has 1 heterocycles. The van der Waals surface area contributed by atoms with Crippen LogP contribution in [0.5, 0.6) is 5.75 Å². The summed E-state index contributed by atoms with van der Waals surface area (Å²) >= 11 is 7.41. The summed E-state index contributed by atoms with van der Waals surface area (Å²) < 4.78 is 0. The van der Waals surface area contributed by atoms with Crippen LogP contribution in [0, 0.1) is 0 Å². The highest BCUT2D eigenvalue weighted by molar-refractivity contribution is 7.99. The minimum absolute atomic E-state index is 0.115. The van der Waals surface area contributed by atoms with Gasteiger partial charge < -0.3 is 16.2 Å². The first-order chi connectivity index (χ1) is 11.1. The molecule has 0 aliphatic rings. The Balaban J connectivity index is 1.70. The van der Waals surface area contributed by atoms with Gasteiger partial charge in [0.1, 0.15) is 5.75 Å². The Hall–Kier alpha value is -2.44. The summed E-state index contributed by atoms with van der Waals surface area (Å²) in [6, 6.07) is 12.2. The fraction of sp³-hybridized carbons (Fsp3) is 0. The molecule has 3 rings (SSSR count). The fourth-order valence-corrected chi connectivity index (χ4v) is 2.74. The lowest BCUT2D eigenvalue weighted by Crippen LogP contribution is -1.99. The molecule has 0 atom stereocenters. The highest BCUT2D eigenvalue weighted by Crippen LogP contribution is 2.29. The lowest BCUT2D eigenvalue weighted by molar-refractivity contribution is 0.476. The first-order valence-electron chi connectivity index (χ1n) is 6.71. The number of phenols is 1. The molecule has 0 aliphatic carbocycles. The van der Waals surface area contributed by atoms with Gasteiger partial charge in [-0.1, -0.05) is 23.4 Å². The molecule has 23 heavy (non-hydrogen) atoms. The average molecular weight is 345 g/mol. The van der Waals surface area contributed by atoms with E-state index in [-0.39, 0.29) is 5.75 Å². The van der Waals surface area contributed by atoms with Gasteiger partial charge in [0, 0.05) is 33.3 Å². The number of nitrogen functional groups attached to an aromatic ring is 1. The second-order valence-electron chi connectivity index (χ2n) is 4.69. The molecule has 4 N–H and O–H groups in total. The molecule has 7 heteroatoms. The molecule has 0 saturated heterocycles. The summed E-state index contributed by atoms with van der Waals surface area (Å²) in [5.74, 6) is 0.548. The van der Waals surface area contributed by atoms with Crippen LogP contribution in [0.4, 0.5) is 17.3 Å². The van der Waals surface area contributed by atoms with Crippen molar-refractivity contribution in [3.8, 4) is 5.75 Å². The van der Waals surface area contributed by atoms with Gasteiger partial charge >= 0.3 is 0 Å². The predicted molar refractivity (Wildman–Crippen MR) is 93.4 cm³/mol. The summed E-state index contributed by atoms with van der Waals surface area (Å²) in [5.41, 5.74) is 6.88. The summed E-state index contributed by atoms with van der Waals surface area (Å²) in [6.07, 6.45) is 3.45. The van der Waals surface area contributed by atoms with Crippen molar-refractivity contribution in [2.24, 2.45) is 0 Å². The fourth-order valence-electron chi connectivity index (χ4n) is 1.86. The van der Waals surface area contributed by atoms with E-state index in [1.165, 1.54) is 6.07 Å². The first-order valence-corrected chi connectivity index (χ1v) is 7.90. The Bertz CT molecular complexity index is 809. The number of nitrogens with one attached hydrogen (secondary N) is 1. The standard InChI is InChI=1S/C16H13ClN4OS/c17-10-1-4-12(5-2-10)23-13-8-19-16(20-9-13)21-15-6-3-11(22)7-14(15)18/h1-9,22H,18H2,(H,19,20,21). The lowest BCUT2D eigenvalue weighted by atomic mass is 10.2. The van der Waals surface area contributed by atoms with E-state index in [9.17, 15) is 5.11 Å². The molecule has 1 aromatic heterocycles. The van der Waals surface area contributed by atoms with Gasteiger partial charge in [-0.15, -0.1) is 0 Å². The Morgan fingerprint density at radius 3 is 2.35 bits per heavy atom. The topological polar surface area (TPSA) is 84.1 Å². The number of anilines is 3. The Kier molecular flexibility index (Phi) is 4.55. The van der Waals surface area contributed by atoms with E-state index in [2.05, 4.69) is 15.3 Å². The summed E-state index contributed by atoms with van der Waals surface area (Å²) in [6.45, 7) is 0. The second-order valence-corrected chi connectivity index (χ2v) is 6.28. The van der Waals surface area contributed by atoms with Gasteiger partial charge in [-0.05, 0) is 36.4 Å². The number of benzene rings is 2. The van der Waals surface area contributed by atoms with E-state index in [0.717, 1.165) is 9.79 Å². The molecule has 0 unspecified atom stereocenters. The number of rotatable bonds is 4. The van der Waals surface area contributed by atoms with Crippen LogP contribution in [0.2, 0.25) is 5.02 Å². The lowest BCUT2D eigenvalue weighted by Gasteiger charge is -2.08. The van der Waals surface area contributed by atoms with Crippen LogP contribution >= 0.6 is 23.4 Å². The van der Waals surface area contributed by atoms with Crippen LogP contribution in [-0.4, -0.2) is 15.1 Å². The quantitative estimate of drug-likeness (QED) is 0.483. The Morgan fingerprint density at radius 1 is 1.00 bits per heavy atom. The monoisotopic (exact) mass is 344 g/mol. The van der Waals surface area contributed by atoms with Crippen molar-refractivity contribution in [3.05, 3.63) is 59.9 Å². The third-order valence-corrected chi connectivity index (χ3v) is 4.17. The second kappa shape index (κ2) is 6.76. The van der Waals surface area contributed by atoms with E-state index in [1.54, 1.807) is 36.3 Å². The molecule has 5 nitrogen and oxygen atoms in total. The van der Waals surface area contributed by atoms with E-state index in [1.807, 2.05) is 24.3 Å². The third-order valence-electron chi connectivity index (χ3n) is 2.96. The van der Waals surface area contributed by atoms with E-state index in [4.69, 9.17) is 17.3 Å². The van der Waals surface area contributed by atoms with Gasteiger partial charge in [-0.3, -0.25) is 0 Å². The van der Waals surface area contributed by atoms with Crippen LogP contribution in [0.1, 0.15) is 0 Å². The number of nitrogens with zero attached hydrogens (tertiary/aromatic N) is 2. The van der Waals surface area contributed by atoms with Crippen LogP contribution in [0.3, 0.4) is 0 Å². The first kappa shape index (κ1) is 15.5. The molecule has 0 saturated carbocycles. The maximum absolute atomic E-state index is 9.35. The highest BCUT2D eigenvalue weighted by atomic mass is 35.5. The SMILES string of the molecule is Nc1cc(O)ccc1Nc1ncc(Sc2ccc(Cl)cc2)cn1. The smallest absolute Gasteiger partial charge is 0.227 e. The molecule has 3 aromatic rings. The highest BCUT2D eigenvalue weighted by Gasteiger charge is 2.04. The van der Waals surface area contributed by atoms with Gasteiger partial charge in [0.2, 0.25) is 5.95 Å². The number of nitrogens with two attached hydrogens (primary N) is 1. The van der Waals surface area contributed by atoms with Crippen molar-refractivity contribution >= 4 is 40.7 Å². The van der Waals surface area contributed by atoms with Crippen LogP contribution in [0.25, 0.3) is 0 Å². The normalized spacial score (nSPS) is 10.5. The number of aromatic nitrogens is 2. The zero-order chi connectivity index (χ0) is 16.2. The van der Waals surface area contributed by atoms with Crippen molar-refractivity contribution in [2.75, 3.05) is 11.1 Å². The number of hydrogen-bond acceptors (Lipinski definition) is 6. The summed E-state index contributed by atoms with van der Waals surface area (Å²) in [5, 5.41) is 13.1. The van der Waals surface area contributed by atoms with Crippen LogP contribution in [0.15, 0.2) is 64.6 Å². The predicted octanol–water partition coefficient (Wildman–Crippen LogP) is 4.31. The minimum atomic E-state index is 0.115. The Morgan fingerprint density at radius 2 is 1.70 bits per heavy atom. The third kappa shape index (κ3) is 4.06. The number of aromatic hydroxyl groups is 1. The van der Waals surface area contributed by atoms with Crippen molar-refractivity contribution in [2.45, 2.75) is 9.79 Å². The average Bonchev–Trinajstić information content (AvgIpc) is 2.54. The molecule has 0 amide bonds. The molecule has 116 valence electrons. The van der Waals surface area contributed by atoms with Gasteiger partial charge in [-0.25, -0.2) is 9.97 Å². The molecule has 0 bridgehead atoms. The molecule has 0 fully saturated rings. The van der Waals surface area contributed by atoms with Gasteiger partial charge in [-0.2, -0.15) is 0 Å². The Labute approximate surface area is 142 Å². The van der Waals surface area contributed by atoms with Crippen LogP contribution < -0.4 is 11.1 Å². The van der Waals surface area contributed by atoms with Crippen molar-refractivity contribution in [3.63, 3.8) is 0 Å². The maximum Gasteiger partial charge on any atom is 0.227 e. The van der Waals surface area contributed by atoms with Gasteiger partial charge in [0.25, 0.3) is 0 Å². The molecule has 0 aliphatic heterocycles. The van der Waals surface area contributed by atoms with E-state index < -0.39 is 0 Å². The van der Waals surface area contributed by atoms with Gasteiger partial charge in [0.05, 0.1) is 11.4 Å². The van der Waals surface area contributed by atoms with E-state index >= 15 is 0 Å².